The molecule has 1 fully saturated rings. The fourth-order valence-corrected chi connectivity index (χ4v) is 5.00. The van der Waals surface area contributed by atoms with Gasteiger partial charge >= 0.3 is 0 Å². The lowest BCUT2D eigenvalue weighted by molar-refractivity contribution is -0.384. The Labute approximate surface area is 203 Å². The lowest BCUT2D eigenvalue weighted by Crippen LogP contribution is -2.37. The Morgan fingerprint density at radius 1 is 1.06 bits per heavy atom. The molecule has 1 aliphatic rings. The first kappa shape index (κ1) is 23.9. The number of amides is 1. The third kappa shape index (κ3) is 5.83. The van der Waals surface area contributed by atoms with Gasteiger partial charge in [0.15, 0.2) is 11.0 Å². The van der Waals surface area contributed by atoms with Crippen molar-refractivity contribution in [2.45, 2.75) is 44.2 Å². The van der Waals surface area contributed by atoms with E-state index in [1.165, 1.54) is 12.1 Å². The molecule has 9 heteroatoms. The highest BCUT2D eigenvalue weighted by Crippen LogP contribution is 2.29. The van der Waals surface area contributed by atoms with Crippen LogP contribution in [0.2, 0.25) is 0 Å². The number of carbonyl (C=O) groups is 1. The van der Waals surface area contributed by atoms with Crippen LogP contribution < -0.4 is 0 Å². The second-order valence-corrected chi connectivity index (χ2v) is 9.71. The molecule has 1 aromatic heterocycles. The first-order chi connectivity index (χ1) is 16.5. The van der Waals surface area contributed by atoms with Gasteiger partial charge in [-0.05, 0) is 55.9 Å². The molecule has 0 N–H and O–H groups in total. The number of benzene rings is 2. The smallest absolute Gasteiger partial charge is 0.269 e. The maximum atomic E-state index is 12.5. The third-order valence-corrected chi connectivity index (χ3v) is 7.15. The van der Waals surface area contributed by atoms with E-state index >= 15 is 0 Å². The van der Waals surface area contributed by atoms with Gasteiger partial charge < -0.3 is 4.90 Å². The van der Waals surface area contributed by atoms with E-state index < -0.39 is 4.92 Å². The number of para-hydroxylation sites is 1. The Hall–Kier alpha value is -3.20. The van der Waals surface area contributed by atoms with E-state index in [2.05, 4.69) is 17.1 Å². The third-order valence-electron chi connectivity index (χ3n) is 6.14. The molecule has 178 valence electrons. The number of nitro benzene ring substituents is 1. The van der Waals surface area contributed by atoms with Gasteiger partial charge in [-0.15, -0.1) is 10.2 Å². The Morgan fingerprint density at radius 2 is 1.76 bits per heavy atom. The average molecular weight is 480 g/mol. The van der Waals surface area contributed by atoms with Crippen LogP contribution in [0.5, 0.6) is 0 Å². The maximum absolute atomic E-state index is 12.5. The minimum atomic E-state index is -0.413. The molecule has 4 rings (SSSR count). The molecule has 1 saturated heterocycles. The van der Waals surface area contributed by atoms with Crippen LogP contribution in [-0.2, 0) is 4.79 Å². The van der Waals surface area contributed by atoms with Crippen LogP contribution in [-0.4, -0.2) is 49.3 Å². The minimum Gasteiger partial charge on any atom is -0.343 e. The molecule has 1 aliphatic heterocycles. The highest BCUT2D eigenvalue weighted by molar-refractivity contribution is 7.99. The molecule has 8 nitrogen and oxygen atoms in total. The van der Waals surface area contributed by atoms with Crippen LogP contribution in [0, 0.1) is 16.0 Å². The molecule has 0 unspecified atom stereocenters. The van der Waals surface area contributed by atoms with Gasteiger partial charge in [-0.2, -0.15) is 0 Å². The molecule has 1 amide bonds. The molecule has 34 heavy (non-hydrogen) atoms. The largest absolute Gasteiger partial charge is 0.343 e. The minimum absolute atomic E-state index is 0.0396. The number of likely N-dealkylation sites (tertiary alicyclic amines) is 1. The first-order valence-corrected chi connectivity index (χ1v) is 12.7. The highest BCUT2D eigenvalue weighted by atomic mass is 32.2. The normalized spacial score (nSPS) is 14.3. The van der Waals surface area contributed by atoms with Gasteiger partial charge in [0.2, 0.25) is 5.91 Å². The molecule has 0 bridgehead atoms. The monoisotopic (exact) mass is 479 g/mol. The van der Waals surface area contributed by atoms with E-state index in [1.807, 2.05) is 39.8 Å². The second kappa shape index (κ2) is 11.3. The van der Waals surface area contributed by atoms with Gasteiger partial charge in [0.05, 0.1) is 4.92 Å². The second-order valence-electron chi connectivity index (χ2n) is 8.65. The molecular weight excluding hydrogens is 450 g/mol. The molecule has 0 radical (unpaired) electrons. The zero-order valence-electron chi connectivity index (χ0n) is 19.3. The summed E-state index contributed by atoms with van der Waals surface area (Å²) < 4.78 is 1.98. The van der Waals surface area contributed by atoms with Crippen molar-refractivity contribution in [2.24, 2.45) is 5.92 Å². The molecule has 0 aliphatic carbocycles. The first-order valence-electron chi connectivity index (χ1n) is 11.7. The van der Waals surface area contributed by atoms with Gasteiger partial charge in [0.25, 0.3) is 5.69 Å². The number of unbranched alkanes of at least 4 members (excludes halogenated alkanes) is 1. The van der Waals surface area contributed by atoms with Crippen LogP contribution in [0.1, 0.15) is 39.0 Å². The fourth-order valence-electron chi connectivity index (χ4n) is 4.05. The predicted molar refractivity (Wildman–Crippen MR) is 133 cm³/mol. The average Bonchev–Trinajstić information content (AvgIpc) is 3.28. The SMILES string of the molecule is CC1CCN(C(=O)CCCCSc2nnc(-c3ccc([N+](=O)[O-])cc3)n2-c2ccccc2)CC1. The van der Waals surface area contributed by atoms with Crippen molar-refractivity contribution in [3.63, 3.8) is 0 Å². The van der Waals surface area contributed by atoms with Crippen molar-refractivity contribution in [3.05, 3.63) is 64.7 Å². The van der Waals surface area contributed by atoms with Crippen molar-refractivity contribution in [2.75, 3.05) is 18.8 Å². The Morgan fingerprint density at radius 3 is 2.44 bits per heavy atom. The molecule has 0 saturated carbocycles. The van der Waals surface area contributed by atoms with Crippen LogP contribution in [0.25, 0.3) is 17.1 Å². The number of carbonyl (C=O) groups excluding carboxylic acids is 1. The zero-order chi connectivity index (χ0) is 23.9. The number of piperidine rings is 1. The molecule has 2 aromatic carbocycles. The molecule has 0 atom stereocenters. The van der Waals surface area contributed by atoms with Gasteiger partial charge in [-0.3, -0.25) is 19.5 Å². The van der Waals surface area contributed by atoms with Gasteiger partial charge in [-0.1, -0.05) is 36.9 Å². The molecular formula is C25H29N5O3S. The van der Waals surface area contributed by atoms with Crippen molar-refractivity contribution < 1.29 is 9.72 Å². The van der Waals surface area contributed by atoms with E-state index in [0.29, 0.717) is 12.2 Å². The van der Waals surface area contributed by atoms with Crippen LogP contribution in [0.4, 0.5) is 5.69 Å². The Balaban J connectivity index is 1.40. The summed E-state index contributed by atoms with van der Waals surface area (Å²) in [4.78, 5) is 25.1. The van der Waals surface area contributed by atoms with E-state index in [-0.39, 0.29) is 11.6 Å². The number of nitro groups is 1. The summed E-state index contributed by atoms with van der Waals surface area (Å²) in [5, 5.41) is 20.6. The summed E-state index contributed by atoms with van der Waals surface area (Å²) in [7, 11) is 0. The standard InChI is InChI=1S/C25H29N5O3S/c1-19-14-16-28(17-15-19)23(31)9-5-6-18-34-25-27-26-24(29(25)21-7-3-2-4-8-21)20-10-12-22(13-11-20)30(32)33/h2-4,7-8,10-13,19H,5-6,9,14-18H2,1H3. The van der Waals surface area contributed by atoms with E-state index in [4.69, 9.17) is 0 Å². The number of hydrogen-bond donors (Lipinski definition) is 0. The van der Waals surface area contributed by atoms with Crippen molar-refractivity contribution >= 4 is 23.4 Å². The summed E-state index contributed by atoms with van der Waals surface area (Å²) in [6.07, 6.45) is 4.57. The highest BCUT2D eigenvalue weighted by Gasteiger charge is 2.20. The van der Waals surface area contributed by atoms with E-state index in [1.54, 1.807) is 23.9 Å². The van der Waals surface area contributed by atoms with Crippen molar-refractivity contribution in [3.8, 4) is 17.1 Å². The van der Waals surface area contributed by atoms with E-state index in [9.17, 15) is 14.9 Å². The van der Waals surface area contributed by atoms with Crippen LogP contribution >= 0.6 is 11.8 Å². The summed E-state index contributed by atoms with van der Waals surface area (Å²) >= 11 is 1.61. The Bertz CT molecular complexity index is 1110. The Kier molecular flexibility index (Phi) is 7.95. The number of nitrogens with zero attached hydrogens (tertiary/aromatic N) is 5. The van der Waals surface area contributed by atoms with Crippen LogP contribution in [0.3, 0.4) is 0 Å². The number of hydrogen-bond acceptors (Lipinski definition) is 6. The van der Waals surface area contributed by atoms with Crippen molar-refractivity contribution in [1.29, 1.82) is 0 Å². The lowest BCUT2D eigenvalue weighted by Gasteiger charge is -2.30. The predicted octanol–water partition coefficient (Wildman–Crippen LogP) is 5.36. The number of aromatic nitrogens is 3. The maximum Gasteiger partial charge on any atom is 0.269 e. The van der Waals surface area contributed by atoms with Crippen molar-refractivity contribution in [1.82, 2.24) is 19.7 Å². The summed E-state index contributed by atoms with van der Waals surface area (Å²) in [6.45, 7) is 4.03. The molecule has 3 aromatic rings. The number of thioether (sulfide) groups is 1. The lowest BCUT2D eigenvalue weighted by atomic mass is 9.99. The topological polar surface area (TPSA) is 94.2 Å². The zero-order valence-corrected chi connectivity index (χ0v) is 20.1. The summed E-state index contributed by atoms with van der Waals surface area (Å²) in [5.41, 5.74) is 1.73. The van der Waals surface area contributed by atoms with Gasteiger partial charge in [0.1, 0.15) is 0 Å². The summed E-state index contributed by atoms with van der Waals surface area (Å²) in [6, 6.07) is 16.2. The van der Waals surface area contributed by atoms with Gasteiger partial charge in [0, 0.05) is 48.6 Å². The molecule has 2 heterocycles. The van der Waals surface area contributed by atoms with E-state index in [0.717, 1.165) is 66.9 Å². The quantitative estimate of drug-likeness (QED) is 0.177. The molecule has 0 spiro atoms. The fraction of sp³-hybridized carbons (Fsp3) is 0.400. The number of non-ortho nitro benzene ring substituents is 1. The summed E-state index contributed by atoms with van der Waals surface area (Å²) in [5.74, 6) is 2.46. The van der Waals surface area contributed by atoms with Crippen LogP contribution in [0.15, 0.2) is 59.8 Å². The van der Waals surface area contributed by atoms with Gasteiger partial charge in [-0.25, -0.2) is 0 Å². The number of rotatable bonds is 9.